The minimum atomic E-state index is 0.342. The van der Waals surface area contributed by atoms with Crippen molar-refractivity contribution in [3.63, 3.8) is 0 Å². The average molecular weight is 619 g/mol. The smallest absolute Gasteiger partial charge is 0.169 e. The highest BCUT2D eigenvalue weighted by atomic mass is 15.0. The highest BCUT2D eigenvalue weighted by molar-refractivity contribution is 5.61. The monoisotopic (exact) mass is 618 g/mol. The molecule has 4 nitrogen and oxygen atoms in total. The Kier molecular flexibility index (Phi) is 9.56. The summed E-state index contributed by atoms with van der Waals surface area (Å²) in [5.74, 6) is 0. The molecule has 0 spiro atoms. The average Bonchev–Trinajstić information content (AvgIpc) is 3.89. The first-order valence-corrected chi connectivity index (χ1v) is 17.2. The van der Waals surface area contributed by atoms with E-state index in [1.54, 1.807) is 0 Å². The summed E-state index contributed by atoms with van der Waals surface area (Å²) in [6.45, 7) is 4.19. The maximum atomic E-state index is 2.37. The molecular formula is C43H46N4+4. The lowest BCUT2D eigenvalue weighted by atomic mass is 10.1. The molecule has 1 aliphatic carbocycles. The van der Waals surface area contributed by atoms with Crippen LogP contribution in [0.25, 0.3) is 22.3 Å². The van der Waals surface area contributed by atoms with Crippen LogP contribution in [0.5, 0.6) is 0 Å². The molecule has 6 aromatic rings. The Labute approximate surface area is 279 Å². The molecule has 0 amide bonds. The SMILES string of the molecule is c1ccc(CCC[n+]2ccc(-c3cc[n+](CC4(C[n+]5ccc(-c6cc[n+](CCCc7ccccc7)cc6)cc5)CC4)cc3)cc2)cc1. The van der Waals surface area contributed by atoms with Gasteiger partial charge in [-0.25, -0.2) is 18.3 Å². The highest BCUT2D eigenvalue weighted by Crippen LogP contribution is 2.46. The molecule has 47 heavy (non-hydrogen) atoms. The molecule has 2 aromatic carbocycles. The predicted octanol–water partition coefficient (Wildman–Crippen LogP) is 6.92. The zero-order valence-corrected chi connectivity index (χ0v) is 27.4. The van der Waals surface area contributed by atoms with Crippen molar-refractivity contribution in [3.8, 4) is 22.3 Å². The molecule has 0 unspecified atom stereocenters. The molecule has 0 N–H and O–H groups in total. The van der Waals surface area contributed by atoms with E-state index in [0.29, 0.717) is 5.41 Å². The minimum absolute atomic E-state index is 0.342. The van der Waals surface area contributed by atoms with Gasteiger partial charge in [-0.1, -0.05) is 60.7 Å². The molecular weight excluding hydrogens is 573 g/mol. The van der Waals surface area contributed by atoms with E-state index in [1.165, 1.54) is 46.2 Å². The molecule has 4 aromatic heterocycles. The Balaban J connectivity index is 0.887. The number of hydrogen-bond donors (Lipinski definition) is 0. The van der Waals surface area contributed by atoms with Gasteiger partial charge in [0.05, 0.1) is 5.41 Å². The third-order valence-corrected chi connectivity index (χ3v) is 9.67. The van der Waals surface area contributed by atoms with Gasteiger partial charge in [0.25, 0.3) is 0 Å². The summed E-state index contributed by atoms with van der Waals surface area (Å²) in [6.07, 6.45) is 25.0. The van der Waals surface area contributed by atoms with Gasteiger partial charge in [-0.05, 0) is 59.1 Å². The van der Waals surface area contributed by atoms with Crippen LogP contribution in [0.2, 0.25) is 0 Å². The molecule has 0 bridgehead atoms. The van der Waals surface area contributed by atoms with Crippen LogP contribution in [-0.2, 0) is 39.0 Å². The first kappa shape index (κ1) is 30.7. The van der Waals surface area contributed by atoms with Gasteiger partial charge in [0.15, 0.2) is 62.7 Å². The number of aromatic nitrogens is 4. The molecule has 1 fully saturated rings. The quantitative estimate of drug-likeness (QED) is 0.118. The molecule has 0 aliphatic heterocycles. The summed E-state index contributed by atoms with van der Waals surface area (Å²) >= 11 is 0. The Morgan fingerprint density at radius 1 is 0.383 bits per heavy atom. The summed E-state index contributed by atoms with van der Waals surface area (Å²) < 4.78 is 9.33. The zero-order chi connectivity index (χ0) is 31.7. The van der Waals surface area contributed by atoms with Gasteiger partial charge in [-0.2, -0.15) is 0 Å². The number of rotatable bonds is 14. The van der Waals surface area contributed by atoms with Crippen LogP contribution < -0.4 is 18.3 Å². The van der Waals surface area contributed by atoms with E-state index in [0.717, 1.165) is 51.9 Å². The second kappa shape index (κ2) is 14.6. The summed E-state index contributed by atoms with van der Waals surface area (Å²) in [7, 11) is 0. The summed E-state index contributed by atoms with van der Waals surface area (Å²) in [4.78, 5) is 0. The number of benzene rings is 2. The lowest BCUT2D eigenvalue weighted by Crippen LogP contribution is -2.45. The fraction of sp³-hybridized carbons (Fsp3) is 0.256. The van der Waals surface area contributed by atoms with Gasteiger partial charge < -0.3 is 0 Å². The van der Waals surface area contributed by atoms with Gasteiger partial charge in [0, 0.05) is 61.4 Å². The molecule has 7 rings (SSSR count). The topological polar surface area (TPSA) is 15.5 Å². The normalized spacial score (nSPS) is 13.4. The van der Waals surface area contributed by atoms with Crippen LogP contribution in [-0.4, -0.2) is 0 Å². The number of aryl methyl sites for hydroxylation is 4. The Morgan fingerprint density at radius 2 is 0.702 bits per heavy atom. The van der Waals surface area contributed by atoms with E-state index >= 15 is 0 Å². The molecule has 0 atom stereocenters. The van der Waals surface area contributed by atoms with E-state index in [9.17, 15) is 0 Å². The molecule has 4 heteroatoms. The molecule has 1 aliphatic rings. The van der Waals surface area contributed by atoms with Crippen LogP contribution in [0.3, 0.4) is 0 Å². The molecule has 0 saturated heterocycles. The van der Waals surface area contributed by atoms with E-state index in [-0.39, 0.29) is 0 Å². The van der Waals surface area contributed by atoms with Crippen LogP contribution in [0.4, 0.5) is 0 Å². The third kappa shape index (κ3) is 8.45. The zero-order valence-electron chi connectivity index (χ0n) is 27.4. The van der Waals surface area contributed by atoms with Crippen LogP contribution in [0.1, 0.15) is 36.8 Å². The van der Waals surface area contributed by atoms with Crippen molar-refractivity contribution in [2.24, 2.45) is 5.41 Å². The second-order valence-electron chi connectivity index (χ2n) is 13.3. The third-order valence-electron chi connectivity index (χ3n) is 9.67. The largest absolute Gasteiger partial charge is 0.205 e. The minimum Gasteiger partial charge on any atom is -0.205 e. The van der Waals surface area contributed by atoms with Crippen molar-refractivity contribution in [1.29, 1.82) is 0 Å². The summed E-state index contributed by atoms with van der Waals surface area (Å²) in [5.41, 5.74) is 8.24. The van der Waals surface area contributed by atoms with Gasteiger partial charge in [-0.15, -0.1) is 0 Å². The van der Waals surface area contributed by atoms with Gasteiger partial charge in [0.1, 0.15) is 13.1 Å². The standard InChI is InChI=1S/C43H46N4/c1-3-9-37(10-4-1)13-7-25-44-27-15-39(16-28-44)41-19-31-46(32-20-41)35-43(23-24-43)36-47-33-21-42(22-34-47)40-17-29-45(30-18-40)26-8-14-38-11-5-2-6-12-38/h1-6,9-12,15-22,27-34H,7-8,13-14,23-26,35-36H2/q+4. The van der Waals surface area contributed by atoms with Crippen LogP contribution >= 0.6 is 0 Å². The van der Waals surface area contributed by atoms with Crippen LogP contribution in [0.15, 0.2) is 159 Å². The van der Waals surface area contributed by atoms with E-state index < -0.39 is 0 Å². The summed E-state index contributed by atoms with van der Waals surface area (Å²) in [5, 5.41) is 0. The molecule has 0 radical (unpaired) electrons. The van der Waals surface area contributed by atoms with Gasteiger partial charge in [-0.3, -0.25) is 0 Å². The van der Waals surface area contributed by atoms with E-state index in [4.69, 9.17) is 0 Å². The van der Waals surface area contributed by atoms with Crippen molar-refractivity contribution in [2.45, 2.75) is 64.7 Å². The van der Waals surface area contributed by atoms with E-state index in [1.807, 2.05) is 0 Å². The predicted molar refractivity (Wildman–Crippen MR) is 186 cm³/mol. The van der Waals surface area contributed by atoms with Crippen molar-refractivity contribution in [1.82, 2.24) is 0 Å². The first-order chi connectivity index (χ1) is 23.2. The fourth-order valence-electron chi connectivity index (χ4n) is 6.65. The Morgan fingerprint density at radius 3 is 1.02 bits per heavy atom. The lowest BCUT2D eigenvalue weighted by Gasteiger charge is -2.09. The first-order valence-electron chi connectivity index (χ1n) is 17.2. The van der Waals surface area contributed by atoms with Crippen molar-refractivity contribution in [3.05, 3.63) is 170 Å². The number of hydrogen-bond acceptors (Lipinski definition) is 0. The maximum Gasteiger partial charge on any atom is 0.169 e. The molecule has 234 valence electrons. The molecule has 4 heterocycles. The van der Waals surface area contributed by atoms with Crippen molar-refractivity contribution in [2.75, 3.05) is 0 Å². The highest BCUT2D eigenvalue weighted by Gasteiger charge is 2.50. The molecule has 1 saturated carbocycles. The Hall–Kier alpha value is -4.96. The van der Waals surface area contributed by atoms with Crippen molar-refractivity contribution >= 4 is 0 Å². The fourth-order valence-corrected chi connectivity index (χ4v) is 6.65. The van der Waals surface area contributed by atoms with Crippen LogP contribution in [0, 0.1) is 5.41 Å². The van der Waals surface area contributed by atoms with Gasteiger partial charge in [0.2, 0.25) is 0 Å². The second-order valence-corrected chi connectivity index (χ2v) is 13.3. The van der Waals surface area contributed by atoms with Gasteiger partial charge >= 0.3 is 0 Å². The summed E-state index contributed by atoms with van der Waals surface area (Å²) in [6, 6.07) is 39.5. The lowest BCUT2D eigenvalue weighted by molar-refractivity contribution is -0.741. The van der Waals surface area contributed by atoms with E-state index in [2.05, 4.69) is 177 Å². The number of pyridine rings is 4. The maximum absolute atomic E-state index is 2.37. The Bertz CT molecular complexity index is 1690. The van der Waals surface area contributed by atoms with Crippen molar-refractivity contribution < 1.29 is 18.3 Å². The number of nitrogens with zero attached hydrogens (tertiary/aromatic N) is 4.